The fourth-order valence-electron chi connectivity index (χ4n) is 2.54. The van der Waals surface area contributed by atoms with Gasteiger partial charge in [0.25, 0.3) is 5.91 Å². The van der Waals surface area contributed by atoms with Crippen LogP contribution < -0.4 is 4.72 Å². The minimum atomic E-state index is -3.70. The van der Waals surface area contributed by atoms with Crippen LogP contribution in [0.15, 0.2) is 29.2 Å². The number of benzene rings is 1. The molecule has 2 rings (SSSR count). The molecule has 1 aromatic carbocycles. The first-order chi connectivity index (χ1) is 11.3. The Labute approximate surface area is 140 Å². The lowest BCUT2D eigenvalue weighted by Crippen LogP contribution is -2.42. The van der Waals surface area contributed by atoms with Crippen molar-refractivity contribution in [3.63, 3.8) is 0 Å². The first kappa shape index (κ1) is 18.0. The number of carboxylic acid groups (broad SMARTS) is 1. The monoisotopic (exact) mass is 350 g/mol. The Balaban J connectivity index is 2.11. The van der Waals surface area contributed by atoms with Crippen molar-refractivity contribution in [1.29, 1.82) is 0 Å². The molecule has 0 unspecified atom stereocenters. The van der Waals surface area contributed by atoms with Gasteiger partial charge in [0.1, 0.15) is 0 Å². The van der Waals surface area contributed by atoms with Gasteiger partial charge in [-0.05, 0) is 37.1 Å². The lowest BCUT2D eigenvalue weighted by Gasteiger charge is -2.30. The summed E-state index contributed by atoms with van der Waals surface area (Å²) in [7, 11) is -3.70. The summed E-state index contributed by atoms with van der Waals surface area (Å²) in [6, 6.07) is 5.48. The Kier molecular flexibility index (Phi) is 5.59. The SMILES string of the molecule is C#CCNS(=O)(=O)c1ccc(C(=O)N2CCC[C@H](C(=O)O)C2)cc1. The summed E-state index contributed by atoms with van der Waals surface area (Å²) in [5.41, 5.74) is 0.317. The average molecular weight is 350 g/mol. The summed E-state index contributed by atoms with van der Waals surface area (Å²) in [5, 5.41) is 9.08. The van der Waals surface area contributed by atoms with E-state index in [0.29, 0.717) is 24.9 Å². The number of carboxylic acids is 1. The van der Waals surface area contributed by atoms with Gasteiger partial charge < -0.3 is 10.0 Å². The summed E-state index contributed by atoms with van der Waals surface area (Å²) < 4.78 is 26.1. The molecule has 1 aromatic rings. The molecule has 0 radical (unpaired) electrons. The molecule has 0 saturated carbocycles. The third kappa shape index (κ3) is 4.13. The number of hydrogen-bond acceptors (Lipinski definition) is 4. The highest BCUT2D eigenvalue weighted by molar-refractivity contribution is 7.89. The van der Waals surface area contributed by atoms with Crippen molar-refractivity contribution in [2.45, 2.75) is 17.7 Å². The molecule has 0 aromatic heterocycles. The molecule has 1 fully saturated rings. The van der Waals surface area contributed by atoms with E-state index in [9.17, 15) is 18.0 Å². The number of carbonyl (C=O) groups excluding carboxylic acids is 1. The molecule has 1 aliphatic heterocycles. The smallest absolute Gasteiger partial charge is 0.308 e. The van der Waals surface area contributed by atoms with Gasteiger partial charge in [-0.15, -0.1) is 6.42 Å². The first-order valence-corrected chi connectivity index (χ1v) is 8.88. The topological polar surface area (TPSA) is 104 Å². The van der Waals surface area contributed by atoms with Crippen LogP contribution in [-0.2, 0) is 14.8 Å². The van der Waals surface area contributed by atoms with Gasteiger partial charge in [0, 0.05) is 18.7 Å². The first-order valence-electron chi connectivity index (χ1n) is 7.40. The van der Waals surface area contributed by atoms with Crippen molar-refractivity contribution in [3.05, 3.63) is 29.8 Å². The maximum Gasteiger partial charge on any atom is 0.308 e. The van der Waals surface area contributed by atoms with E-state index in [1.807, 2.05) is 0 Å². The summed E-state index contributed by atoms with van der Waals surface area (Å²) in [6.07, 6.45) is 6.21. The number of nitrogens with one attached hydrogen (secondary N) is 1. The van der Waals surface area contributed by atoms with Gasteiger partial charge in [-0.25, -0.2) is 8.42 Å². The largest absolute Gasteiger partial charge is 0.481 e. The maximum atomic E-state index is 12.4. The lowest BCUT2D eigenvalue weighted by molar-refractivity contribution is -0.143. The molecule has 1 amide bonds. The average Bonchev–Trinajstić information content (AvgIpc) is 2.59. The van der Waals surface area contributed by atoms with E-state index >= 15 is 0 Å². The molecule has 1 aliphatic rings. The highest BCUT2D eigenvalue weighted by atomic mass is 32.2. The second-order valence-corrected chi connectivity index (χ2v) is 7.25. The third-order valence-electron chi connectivity index (χ3n) is 3.83. The molecular weight excluding hydrogens is 332 g/mol. The zero-order valence-corrected chi connectivity index (χ0v) is 13.8. The Bertz CT molecular complexity index is 765. The predicted octanol–water partition coefficient (Wildman–Crippen LogP) is 0.535. The van der Waals surface area contributed by atoms with Gasteiger partial charge in [-0.3, -0.25) is 9.59 Å². The van der Waals surface area contributed by atoms with Gasteiger partial charge in [0.15, 0.2) is 0 Å². The predicted molar refractivity (Wildman–Crippen MR) is 86.7 cm³/mol. The number of nitrogens with zero attached hydrogens (tertiary/aromatic N) is 1. The van der Waals surface area contributed by atoms with Gasteiger partial charge in [-0.2, -0.15) is 4.72 Å². The molecule has 0 bridgehead atoms. The van der Waals surface area contributed by atoms with Crippen LogP contribution in [0.3, 0.4) is 0 Å². The standard InChI is InChI=1S/C16H18N2O5S/c1-2-9-17-24(22,23)14-7-5-12(6-8-14)15(19)18-10-3-4-13(11-18)16(20)21/h1,5-8,13,17H,3-4,9-11H2,(H,20,21)/t13-/m0/s1. The normalized spacial score (nSPS) is 18.0. The molecular formula is C16H18N2O5S. The minimum absolute atomic E-state index is 0.0105. The summed E-state index contributed by atoms with van der Waals surface area (Å²) in [5.74, 6) is 0.408. The van der Waals surface area contributed by atoms with Gasteiger partial charge in [0.2, 0.25) is 10.0 Å². The van der Waals surface area contributed by atoms with Crippen molar-refractivity contribution in [2.24, 2.45) is 5.92 Å². The van der Waals surface area contributed by atoms with Crippen LogP contribution in [0.25, 0.3) is 0 Å². The molecule has 128 valence electrons. The fraction of sp³-hybridized carbons (Fsp3) is 0.375. The van der Waals surface area contributed by atoms with Crippen LogP contribution in [-0.4, -0.2) is 49.9 Å². The van der Waals surface area contributed by atoms with E-state index < -0.39 is 21.9 Å². The van der Waals surface area contributed by atoms with Crippen LogP contribution >= 0.6 is 0 Å². The van der Waals surface area contributed by atoms with E-state index in [2.05, 4.69) is 10.6 Å². The number of aliphatic carboxylic acids is 1. The van der Waals surface area contributed by atoms with Gasteiger partial charge in [-0.1, -0.05) is 5.92 Å². The van der Waals surface area contributed by atoms with Crippen molar-refractivity contribution >= 4 is 21.9 Å². The summed E-state index contributed by atoms with van der Waals surface area (Å²) in [6.45, 7) is 0.539. The number of piperidine rings is 1. The molecule has 1 heterocycles. The number of terminal acetylenes is 1. The van der Waals surface area contributed by atoms with Gasteiger partial charge >= 0.3 is 5.97 Å². The second kappa shape index (κ2) is 7.47. The molecule has 7 nitrogen and oxygen atoms in total. The highest BCUT2D eigenvalue weighted by Gasteiger charge is 2.28. The molecule has 8 heteroatoms. The number of carbonyl (C=O) groups is 2. The molecule has 1 atom stereocenters. The molecule has 1 saturated heterocycles. The van der Waals surface area contributed by atoms with Crippen LogP contribution in [0.1, 0.15) is 23.2 Å². The summed E-state index contributed by atoms with van der Waals surface area (Å²) in [4.78, 5) is 25.0. The van der Waals surface area contributed by atoms with Crippen molar-refractivity contribution in [2.75, 3.05) is 19.6 Å². The fourth-order valence-corrected chi connectivity index (χ4v) is 3.48. The number of hydrogen-bond donors (Lipinski definition) is 2. The van der Waals surface area contributed by atoms with E-state index in [1.54, 1.807) is 0 Å². The van der Waals surface area contributed by atoms with Crippen LogP contribution in [0.5, 0.6) is 0 Å². The lowest BCUT2D eigenvalue weighted by atomic mass is 9.97. The number of amides is 1. The Morgan fingerprint density at radius 1 is 1.33 bits per heavy atom. The minimum Gasteiger partial charge on any atom is -0.481 e. The molecule has 24 heavy (non-hydrogen) atoms. The van der Waals surface area contributed by atoms with Crippen molar-refractivity contribution < 1.29 is 23.1 Å². The summed E-state index contributed by atoms with van der Waals surface area (Å²) >= 11 is 0. The molecule has 0 spiro atoms. The van der Waals surface area contributed by atoms with Gasteiger partial charge in [0.05, 0.1) is 17.4 Å². The van der Waals surface area contributed by atoms with E-state index in [0.717, 1.165) is 0 Å². The molecule has 0 aliphatic carbocycles. The maximum absolute atomic E-state index is 12.4. The van der Waals surface area contributed by atoms with E-state index in [4.69, 9.17) is 11.5 Å². The third-order valence-corrected chi connectivity index (χ3v) is 5.25. The zero-order chi connectivity index (χ0) is 17.7. The Hall–Kier alpha value is -2.37. The Morgan fingerprint density at radius 3 is 2.58 bits per heavy atom. The highest BCUT2D eigenvalue weighted by Crippen LogP contribution is 2.19. The number of rotatable bonds is 5. The molecule has 2 N–H and O–H groups in total. The van der Waals surface area contributed by atoms with Crippen molar-refractivity contribution in [1.82, 2.24) is 9.62 Å². The van der Waals surface area contributed by atoms with Crippen LogP contribution in [0.4, 0.5) is 0 Å². The van der Waals surface area contributed by atoms with E-state index in [1.165, 1.54) is 29.2 Å². The van der Waals surface area contributed by atoms with Crippen LogP contribution in [0.2, 0.25) is 0 Å². The quantitative estimate of drug-likeness (QED) is 0.754. The second-order valence-electron chi connectivity index (χ2n) is 5.48. The van der Waals surface area contributed by atoms with Crippen LogP contribution in [0, 0.1) is 18.3 Å². The zero-order valence-electron chi connectivity index (χ0n) is 12.9. The Morgan fingerprint density at radius 2 is 2.00 bits per heavy atom. The number of likely N-dealkylation sites (tertiary alicyclic amines) is 1. The van der Waals surface area contributed by atoms with E-state index in [-0.39, 0.29) is 23.9 Å². The number of sulfonamides is 1. The van der Waals surface area contributed by atoms with Crippen molar-refractivity contribution in [3.8, 4) is 12.3 Å².